The minimum atomic E-state index is 0.784. The van der Waals surface area contributed by atoms with E-state index in [1.807, 2.05) is 18.3 Å². The molecule has 0 saturated heterocycles. The van der Waals surface area contributed by atoms with Crippen LogP contribution in [0.1, 0.15) is 22.4 Å². The van der Waals surface area contributed by atoms with Crippen LogP contribution in [0.4, 0.5) is 5.13 Å². The molecule has 0 fully saturated rings. The molecule has 2 N–H and O–H groups in total. The first-order valence-corrected chi connectivity index (χ1v) is 9.39. The van der Waals surface area contributed by atoms with Gasteiger partial charge in [-0.1, -0.05) is 30.3 Å². The Morgan fingerprint density at radius 2 is 1.92 bits per heavy atom. The number of hydrogen-bond donors (Lipinski definition) is 2. The molecule has 0 aliphatic rings. The van der Waals surface area contributed by atoms with E-state index in [0.29, 0.717) is 0 Å². The van der Waals surface area contributed by atoms with Crippen molar-refractivity contribution in [2.24, 2.45) is 5.10 Å². The van der Waals surface area contributed by atoms with Gasteiger partial charge in [-0.15, -0.1) is 11.3 Å². The summed E-state index contributed by atoms with van der Waals surface area (Å²) >= 11 is 1.56. The number of anilines is 1. The van der Waals surface area contributed by atoms with Crippen molar-refractivity contribution in [3.05, 3.63) is 70.2 Å². The number of aromatic amines is 1. The molecule has 4 aromatic rings. The molecule has 0 atom stereocenters. The Labute approximate surface area is 156 Å². The summed E-state index contributed by atoms with van der Waals surface area (Å²) in [6.45, 7) is 6.30. The molecule has 26 heavy (non-hydrogen) atoms. The van der Waals surface area contributed by atoms with Gasteiger partial charge in [-0.25, -0.2) is 4.98 Å². The fourth-order valence-corrected chi connectivity index (χ4v) is 3.64. The number of hydrogen-bond acceptors (Lipinski definition) is 4. The van der Waals surface area contributed by atoms with Gasteiger partial charge >= 0.3 is 0 Å². The average molecular weight is 360 g/mol. The van der Waals surface area contributed by atoms with Crippen molar-refractivity contribution in [2.45, 2.75) is 20.8 Å². The van der Waals surface area contributed by atoms with Crippen LogP contribution in [0.3, 0.4) is 0 Å². The zero-order chi connectivity index (χ0) is 18.1. The molecule has 2 aromatic carbocycles. The number of fused-ring (bicyclic) bond motifs is 1. The number of benzene rings is 2. The highest BCUT2D eigenvalue weighted by atomic mass is 32.1. The molecule has 0 spiro atoms. The maximum Gasteiger partial charge on any atom is 0.203 e. The molecule has 0 unspecified atom stereocenters. The second kappa shape index (κ2) is 6.77. The van der Waals surface area contributed by atoms with Crippen LogP contribution in [-0.2, 0) is 0 Å². The van der Waals surface area contributed by atoms with Gasteiger partial charge in [0.15, 0.2) is 0 Å². The van der Waals surface area contributed by atoms with Gasteiger partial charge in [0.1, 0.15) is 0 Å². The van der Waals surface area contributed by atoms with Crippen molar-refractivity contribution >= 4 is 33.6 Å². The largest absolute Gasteiger partial charge is 0.358 e. The summed E-state index contributed by atoms with van der Waals surface area (Å²) in [7, 11) is 0. The highest BCUT2D eigenvalue weighted by Gasteiger charge is 2.07. The lowest BCUT2D eigenvalue weighted by molar-refractivity contribution is 1.27. The topological polar surface area (TPSA) is 53.1 Å². The first-order chi connectivity index (χ1) is 12.6. The fraction of sp³-hybridized carbons (Fsp3) is 0.143. The molecule has 0 amide bonds. The summed E-state index contributed by atoms with van der Waals surface area (Å²) in [5.74, 6) is 0. The number of hydrazone groups is 1. The molecule has 2 heterocycles. The lowest BCUT2D eigenvalue weighted by atomic mass is 10.1. The van der Waals surface area contributed by atoms with E-state index in [1.54, 1.807) is 11.3 Å². The summed E-state index contributed by atoms with van der Waals surface area (Å²) in [5.41, 5.74) is 11.0. The van der Waals surface area contributed by atoms with E-state index in [9.17, 15) is 0 Å². The van der Waals surface area contributed by atoms with Crippen LogP contribution < -0.4 is 5.43 Å². The van der Waals surface area contributed by atoms with Crippen LogP contribution >= 0.6 is 11.3 Å². The van der Waals surface area contributed by atoms with Crippen LogP contribution in [-0.4, -0.2) is 16.2 Å². The average Bonchev–Trinajstić information content (AvgIpc) is 3.22. The third kappa shape index (κ3) is 3.13. The maximum atomic E-state index is 4.64. The minimum Gasteiger partial charge on any atom is -0.358 e. The summed E-state index contributed by atoms with van der Waals surface area (Å²) in [5, 5.41) is 8.40. The van der Waals surface area contributed by atoms with Gasteiger partial charge < -0.3 is 4.98 Å². The third-order valence-corrected chi connectivity index (χ3v) is 5.35. The monoisotopic (exact) mass is 360 g/mol. The smallest absolute Gasteiger partial charge is 0.203 e. The number of rotatable bonds is 4. The minimum absolute atomic E-state index is 0.784. The summed E-state index contributed by atoms with van der Waals surface area (Å²) in [6.07, 6.45) is 1.85. The Kier molecular flexibility index (Phi) is 4.31. The Balaban J connectivity index is 1.53. The zero-order valence-electron chi connectivity index (χ0n) is 15.0. The molecule has 4 rings (SSSR count). The first-order valence-electron chi connectivity index (χ1n) is 8.51. The van der Waals surface area contributed by atoms with Gasteiger partial charge in [-0.05, 0) is 44.0 Å². The molecule has 0 bridgehead atoms. The fourth-order valence-electron chi connectivity index (χ4n) is 2.98. The summed E-state index contributed by atoms with van der Waals surface area (Å²) in [6, 6.07) is 14.7. The molecule has 0 aliphatic heterocycles. The van der Waals surface area contributed by atoms with Gasteiger partial charge in [0, 0.05) is 33.1 Å². The predicted octanol–water partition coefficient (Wildman–Crippen LogP) is 5.66. The van der Waals surface area contributed by atoms with Crippen molar-refractivity contribution in [1.82, 2.24) is 9.97 Å². The second-order valence-corrected chi connectivity index (χ2v) is 7.27. The Morgan fingerprint density at radius 3 is 2.77 bits per heavy atom. The number of nitrogens with zero attached hydrogens (tertiary/aromatic N) is 2. The van der Waals surface area contributed by atoms with E-state index in [2.05, 4.69) is 77.0 Å². The van der Waals surface area contributed by atoms with Crippen LogP contribution in [0.25, 0.3) is 22.2 Å². The van der Waals surface area contributed by atoms with E-state index in [1.165, 1.54) is 16.5 Å². The van der Waals surface area contributed by atoms with E-state index in [-0.39, 0.29) is 0 Å². The molecular weight excluding hydrogens is 340 g/mol. The second-order valence-electron chi connectivity index (χ2n) is 6.42. The van der Waals surface area contributed by atoms with Crippen molar-refractivity contribution in [3.8, 4) is 11.3 Å². The lowest BCUT2D eigenvalue weighted by Crippen LogP contribution is -1.91. The molecular formula is C21H20N4S. The van der Waals surface area contributed by atoms with Crippen LogP contribution in [0.15, 0.2) is 52.9 Å². The first kappa shape index (κ1) is 16.5. The maximum absolute atomic E-state index is 4.64. The number of nitrogens with one attached hydrogen (secondary N) is 2. The number of aromatic nitrogens is 2. The van der Waals surface area contributed by atoms with E-state index >= 15 is 0 Å². The Morgan fingerprint density at radius 1 is 1.08 bits per heavy atom. The highest BCUT2D eigenvalue weighted by molar-refractivity contribution is 7.14. The summed E-state index contributed by atoms with van der Waals surface area (Å²) < 4.78 is 0. The Hall–Kier alpha value is -2.92. The highest BCUT2D eigenvalue weighted by Crippen LogP contribution is 2.26. The SMILES string of the molecule is Cc1ccc(-c2csc(N/N=C\c3c(C)[nH]c4ccccc34)n2)cc1C. The van der Waals surface area contributed by atoms with Crippen LogP contribution in [0.2, 0.25) is 0 Å². The normalized spacial score (nSPS) is 11.5. The molecule has 5 heteroatoms. The third-order valence-electron chi connectivity index (χ3n) is 4.60. The quantitative estimate of drug-likeness (QED) is 0.364. The van der Waals surface area contributed by atoms with Crippen LogP contribution in [0, 0.1) is 20.8 Å². The van der Waals surface area contributed by atoms with Gasteiger partial charge in [-0.3, -0.25) is 5.43 Å². The predicted molar refractivity (Wildman–Crippen MR) is 111 cm³/mol. The number of para-hydroxylation sites is 1. The number of H-pyrrole nitrogens is 1. The molecule has 0 saturated carbocycles. The molecule has 0 radical (unpaired) electrons. The van der Waals surface area contributed by atoms with Gasteiger partial charge in [0.25, 0.3) is 0 Å². The zero-order valence-corrected chi connectivity index (χ0v) is 15.8. The van der Waals surface area contributed by atoms with Crippen molar-refractivity contribution in [1.29, 1.82) is 0 Å². The number of aryl methyl sites for hydroxylation is 3. The lowest BCUT2D eigenvalue weighted by Gasteiger charge is -2.02. The van der Waals surface area contributed by atoms with Gasteiger partial charge in [0.05, 0.1) is 11.9 Å². The molecule has 2 aromatic heterocycles. The summed E-state index contributed by atoms with van der Waals surface area (Å²) in [4.78, 5) is 8.02. The number of thiazole rings is 1. The standard InChI is InChI=1S/C21H20N4S/c1-13-8-9-16(10-14(13)2)20-12-26-21(24-20)25-22-11-18-15(3)23-19-7-5-4-6-17(18)19/h4-12,23H,1-3H3,(H,24,25)/b22-11-. The van der Waals surface area contributed by atoms with E-state index in [0.717, 1.165) is 33.2 Å². The van der Waals surface area contributed by atoms with Crippen LogP contribution in [0.5, 0.6) is 0 Å². The Bertz CT molecular complexity index is 1100. The van der Waals surface area contributed by atoms with Crippen molar-refractivity contribution in [3.63, 3.8) is 0 Å². The van der Waals surface area contributed by atoms with E-state index in [4.69, 9.17) is 0 Å². The van der Waals surface area contributed by atoms with Gasteiger partial charge in [0.2, 0.25) is 5.13 Å². The van der Waals surface area contributed by atoms with E-state index < -0.39 is 0 Å². The molecule has 4 nitrogen and oxygen atoms in total. The van der Waals surface area contributed by atoms with Crippen molar-refractivity contribution in [2.75, 3.05) is 5.43 Å². The van der Waals surface area contributed by atoms with Gasteiger partial charge in [-0.2, -0.15) is 5.10 Å². The van der Waals surface area contributed by atoms with Crippen molar-refractivity contribution < 1.29 is 0 Å². The molecule has 130 valence electrons. The molecule has 0 aliphatic carbocycles.